The summed E-state index contributed by atoms with van der Waals surface area (Å²) in [7, 11) is -1.53. The molecule has 1 fully saturated rings. The van der Waals surface area contributed by atoms with Crippen molar-refractivity contribution < 1.29 is 8.42 Å². The summed E-state index contributed by atoms with van der Waals surface area (Å²) in [5.41, 5.74) is 0. The molecule has 2 rings (SSSR count). The van der Waals surface area contributed by atoms with Gasteiger partial charge in [-0.05, 0) is 18.6 Å². The molecule has 0 amide bonds. The Balaban J connectivity index is 2.35. The van der Waals surface area contributed by atoms with Gasteiger partial charge in [0.2, 0.25) is 0 Å². The highest BCUT2D eigenvalue weighted by Crippen LogP contribution is 2.20. The Kier molecular flexibility index (Phi) is 2.77. The van der Waals surface area contributed by atoms with E-state index in [1.807, 2.05) is 6.07 Å². The van der Waals surface area contributed by atoms with Crippen LogP contribution < -0.4 is 0 Å². The van der Waals surface area contributed by atoms with Crippen molar-refractivity contribution in [3.63, 3.8) is 0 Å². The molecule has 0 aliphatic carbocycles. The van der Waals surface area contributed by atoms with Gasteiger partial charge in [0.05, 0.1) is 4.90 Å². The number of hydrogen-bond acceptors (Lipinski definition) is 3. The first-order valence-corrected chi connectivity index (χ1v) is 6.35. The molecule has 0 aromatic heterocycles. The summed E-state index contributed by atoms with van der Waals surface area (Å²) in [5.74, 6) is 0. The van der Waals surface area contributed by atoms with E-state index in [-0.39, 0.29) is 0 Å². The minimum atomic E-state index is -3.33. The Labute approximate surface area is 90.1 Å². The average Bonchev–Trinajstić information content (AvgIpc) is 2.66. The van der Waals surface area contributed by atoms with Crippen LogP contribution in [0.4, 0.5) is 0 Å². The van der Waals surface area contributed by atoms with E-state index in [2.05, 4.69) is 0 Å². The molecule has 0 N–H and O–H groups in total. The molecule has 1 aliphatic rings. The SMILES string of the molecule is CN1CCCN1S(=O)(=O)c1ccccc1. The van der Waals surface area contributed by atoms with Crippen molar-refractivity contribution in [1.29, 1.82) is 0 Å². The van der Waals surface area contributed by atoms with E-state index in [4.69, 9.17) is 0 Å². The zero-order chi connectivity index (χ0) is 10.9. The molecule has 0 radical (unpaired) electrons. The number of nitrogens with zero attached hydrogens (tertiary/aromatic N) is 2. The zero-order valence-corrected chi connectivity index (χ0v) is 9.44. The summed E-state index contributed by atoms with van der Waals surface area (Å²) in [6.07, 6.45) is 0.891. The van der Waals surface area contributed by atoms with E-state index >= 15 is 0 Å². The van der Waals surface area contributed by atoms with Gasteiger partial charge >= 0.3 is 0 Å². The number of hydrazine groups is 1. The molecule has 1 aromatic rings. The monoisotopic (exact) mass is 226 g/mol. The molecule has 1 saturated heterocycles. The third-order valence-electron chi connectivity index (χ3n) is 2.53. The van der Waals surface area contributed by atoms with Gasteiger partial charge in [-0.2, -0.15) is 0 Å². The Morgan fingerprint density at radius 3 is 2.33 bits per heavy atom. The molecule has 4 nitrogen and oxygen atoms in total. The Bertz CT molecular complexity index is 430. The van der Waals surface area contributed by atoms with Crippen molar-refractivity contribution in [2.75, 3.05) is 20.1 Å². The summed E-state index contributed by atoms with van der Waals surface area (Å²) in [5, 5.41) is 1.75. The van der Waals surface area contributed by atoms with E-state index in [0.717, 1.165) is 13.0 Å². The lowest BCUT2D eigenvalue weighted by atomic mass is 10.4. The molecule has 0 spiro atoms. The standard InChI is InChI=1S/C10H14N2O2S/c1-11-8-5-9-12(11)15(13,14)10-6-3-2-4-7-10/h2-4,6-7H,5,8-9H2,1H3. The third kappa shape index (κ3) is 1.90. The normalized spacial score (nSPS) is 19.5. The maximum atomic E-state index is 12.1. The Morgan fingerprint density at radius 1 is 1.13 bits per heavy atom. The summed E-state index contributed by atoms with van der Waals surface area (Å²) >= 11 is 0. The second kappa shape index (κ2) is 3.92. The lowest BCUT2D eigenvalue weighted by Gasteiger charge is -2.23. The molecular weight excluding hydrogens is 212 g/mol. The molecular formula is C10H14N2O2S. The van der Waals surface area contributed by atoms with Crippen molar-refractivity contribution in [3.8, 4) is 0 Å². The van der Waals surface area contributed by atoms with Gasteiger partial charge in [0.25, 0.3) is 10.0 Å². The minimum absolute atomic E-state index is 0.360. The van der Waals surface area contributed by atoms with Gasteiger partial charge in [-0.3, -0.25) is 0 Å². The van der Waals surface area contributed by atoms with Crippen LogP contribution in [0.25, 0.3) is 0 Å². The zero-order valence-electron chi connectivity index (χ0n) is 8.63. The predicted molar refractivity (Wildman–Crippen MR) is 57.6 cm³/mol. The first-order valence-electron chi connectivity index (χ1n) is 4.91. The topological polar surface area (TPSA) is 40.6 Å². The molecule has 82 valence electrons. The largest absolute Gasteiger partial charge is 0.255 e. The summed E-state index contributed by atoms with van der Waals surface area (Å²) in [6, 6.07) is 8.54. The Hall–Kier alpha value is -0.910. The van der Waals surface area contributed by atoms with E-state index in [9.17, 15) is 8.42 Å². The van der Waals surface area contributed by atoms with Crippen LogP contribution in [0.2, 0.25) is 0 Å². The van der Waals surface area contributed by atoms with Crippen LogP contribution in [-0.2, 0) is 10.0 Å². The highest BCUT2D eigenvalue weighted by atomic mass is 32.2. The van der Waals surface area contributed by atoms with E-state index in [1.165, 1.54) is 4.41 Å². The molecule has 15 heavy (non-hydrogen) atoms. The maximum Gasteiger partial charge on any atom is 0.255 e. The summed E-state index contributed by atoms with van der Waals surface area (Å²) in [4.78, 5) is 0.360. The molecule has 1 aliphatic heterocycles. The fourth-order valence-electron chi connectivity index (χ4n) is 1.73. The average molecular weight is 226 g/mol. The molecule has 0 bridgehead atoms. The van der Waals surface area contributed by atoms with Crippen molar-refractivity contribution >= 4 is 10.0 Å². The fourth-order valence-corrected chi connectivity index (χ4v) is 3.30. The smallest absolute Gasteiger partial charge is 0.231 e. The van der Waals surface area contributed by atoms with Gasteiger partial charge in [0.15, 0.2) is 0 Å². The van der Waals surface area contributed by atoms with Gasteiger partial charge < -0.3 is 0 Å². The minimum Gasteiger partial charge on any atom is -0.231 e. The molecule has 1 aromatic carbocycles. The van der Waals surface area contributed by atoms with E-state index < -0.39 is 10.0 Å². The lowest BCUT2D eigenvalue weighted by molar-refractivity contribution is 0.159. The van der Waals surface area contributed by atoms with Gasteiger partial charge in [-0.25, -0.2) is 13.4 Å². The molecule has 5 heteroatoms. The van der Waals surface area contributed by atoms with Crippen LogP contribution in [0.5, 0.6) is 0 Å². The second-order valence-electron chi connectivity index (χ2n) is 3.60. The van der Waals surface area contributed by atoms with Crippen LogP contribution in [0.15, 0.2) is 35.2 Å². The van der Waals surface area contributed by atoms with Gasteiger partial charge in [-0.15, -0.1) is 4.41 Å². The van der Waals surface area contributed by atoms with Crippen molar-refractivity contribution in [2.45, 2.75) is 11.3 Å². The molecule has 0 atom stereocenters. The van der Waals surface area contributed by atoms with Crippen LogP contribution >= 0.6 is 0 Å². The third-order valence-corrected chi connectivity index (χ3v) is 4.41. The van der Waals surface area contributed by atoms with Crippen LogP contribution in [0, 0.1) is 0 Å². The van der Waals surface area contributed by atoms with E-state index in [0.29, 0.717) is 11.4 Å². The van der Waals surface area contributed by atoms with Gasteiger partial charge in [-0.1, -0.05) is 18.2 Å². The lowest BCUT2D eigenvalue weighted by Crippen LogP contribution is -2.38. The number of benzene rings is 1. The first-order chi connectivity index (χ1) is 7.12. The second-order valence-corrected chi connectivity index (χ2v) is 5.44. The van der Waals surface area contributed by atoms with Crippen LogP contribution in [0.1, 0.15) is 6.42 Å². The number of sulfonamides is 1. The number of rotatable bonds is 2. The predicted octanol–water partition coefficient (Wildman–Crippen LogP) is 0.928. The van der Waals surface area contributed by atoms with Crippen LogP contribution in [0.3, 0.4) is 0 Å². The van der Waals surface area contributed by atoms with Crippen molar-refractivity contribution in [3.05, 3.63) is 30.3 Å². The molecule has 0 saturated carbocycles. The highest BCUT2D eigenvalue weighted by molar-refractivity contribution is 7.89. The fraction of sp³-hybridized carbons (Fsp3) is 0.400. The summed E-state index contributed by atoms with van der Waals surface area (Å²) < 4.78 is 25.7. The number of hydrogen-bond donors (Lipinski definition) is 0. The Morgan fingerprint density at radius 2 is 1.80 bits per heavy atom. The van der Waals surface area contributed by atoms with Crippen molar-refractivity contribution in [1.82, 2.24) is 9.42 Å². The summed E-state index contributed by atoms with van der Waals surface area (Å²) in [6.45, 7) is 1.37. The van der Waals surface area contributed by atoms with Crippen molar-refractivity contribution in [2.24, 2.45) is 0 Å². The maximum absolute atomic E-state index is 12.1. The highest BCUT2D eigenvalue weighted by Gasteiger charge is 2.31. The first kappa shape index (κ1) is 10.6. The van der Waals surface area contributed by atoms with Crippen LogP contribution in [-0.4, -0.2) is 38.0 Å². The molecule has 1 heterocycles. The quantitative estimate of drug-likeness (QED) is 0.753. The van der Waals surface area contributed by atoms with Gasteiger partial charge in [0, 0.05) is 20.1 Å². The van der Waals surface area contributed by atoms with E-state index in [1.54, 1.807) is 36.3 Å². The van der Waals surface area contributed by atoms with Gasteiger partial charge in [0.1, 0.15) is 0 Å². The molecule has 0 unspecified atom stereocenters.